The number of nitrogens with two attached hydrogens (primary N) is 1. The molecule has 1 saturated carbocycles. The SMILES string of the molecule is Cc1cc(C)c2nc(C3CC3)cc(NN)c2c1. The second-order valence-electron chi connectivity index (χ2n) is 4.99. The molecule has 3 N–H and O–H groups in total. The highest BCUT2D eigenvalue weighted by Gasteiger charge is 2.26. The van der Waals surface area contributed by atoms with E-state index in [1.54, 1.807) is 0 Å². The first-order chi connectivity index (χ1) is 8.19. The Hall–Kier alpha value is -1.61. The molecule has 0 radical (unpaired) electrons. The Morgan fingerprint density at radius 3 is 2.65 bits per heavy atom. The number of hydrogen-bond donors (Lipinski definition) is 2. The number of nitrogens with zero attached hydrogens (tertiary/aromatic N) is 1. The average molecular weight is 227 g/mol. The van der Waals surface area contributed by atoms with E-state index in [-0.39, 0.29) is 0 Å². The van der Waals surface area contributed by atoms with Crippen molar-refractivity contribution >= 4 is 16.6 Å². The third kappa shape index (κ3) is 1.76. The van der Waals surface area contributed by atoms with Gasteiger partial charge in [-0.05, 0) is 44.4 Å². The molecule has 0 aliphatic heterocycles. The van der Waals surface area contributed by atoms with Crippen molar-refractivity contribution in [2.75, 3.05) is 5.43 Å². The fraction of sp³-hybridized carbons (Fsp3) is 0.357. The van der Waals surface area contributed by atoms with Crippen LogP contribution in [0, 0.1) is 13.8 Å². The van der Waals surface area contributed by atoms with E-state index in [1.165, 1.54) is 29.7 Å². The number of fused-ring (bicyclic) bond motifs is 1. The van der Waals surface area contributed by atoms with Crippen LogP contribution in [0.4, 0.5) is 5.69 Å². The van der Waals surface area contributed by atoms with E-state index in [2.05, 4.69) is 37.5 Å². The van der Waals surface area contributed by atoms with Gasteiger partial charge in [-0.1, -0.05) is 11.6 Å². The highest BCUT2D eigenvalue weighted by molar-refractivity contribution is 5.93. The zero-order valence-electron chi connectivity index (χ0n) is 10.2. The number of hydrogen-bond acceptors (Lipinski definition) is 3. The molecule has 1 aliphatic carbocycles. The van der Waals surface area contributed by atoms with Crippen molar-refractivity contribution in [2.45, 2.75) is 32.6 Å². The molecule has 0 bridgehead atoms. The molecule has 1 fully saturated rings. The Morgan fingerprint density at radius 2 is 2.00 bits per heavy atom. The maximum absolute atomic E-state index is 5.63. The minimum Gasteiger partial charge on any atom is -0.323 e. The first-order valence-electron chi connectivity index (χ1n) is 6.07. The van der Waals surface area contributed by atoms with Crippen LogP contribution in [-0.4, -0.2) is 4.98 Å². The highest BCUT2D eigenvalue weighted by atomic mass is 15.2. The van der Waals surface area contributed by atoms with Crippen molar-refractivity contribution in [3.63, 3.8) is 0 Å². The fourth-order valence-corrected chi connectivity index (χ4v) is 2.41. The summed E-state index contributed by atoms with van der Waals surface area (Å²) < 4.78 is 0. The molecule has 3 heteroatoms. The lowest BCUT2D eigenvalue weighted by Gasteiger charge is -2.11. The summed E-state index contributed by atoms with van der Waals surface area (Å²) in [6, 6.07) is 6.41. The van der Waals surface area contributed by atoms with Gasteiger partial charge in [0.2, 0.25) is 0 Å². The van der Waals surface area contributed by atoms with Gasteiger partial charge in [0.1, 0.15) is 0 Å². The third-order valence-corrected chi connectivity index (χ3v) is 3.42. The summed E-state index contributed by atoms with van der Waals surface area (Å²) in [5.74, 6) is 6.27. The number of pyridine rings is 1. The Kier molecular flexibility index (Phi) is 2.30. The van der Waals surface area contributed by atoms with Crippen LogP contribution in [0.3, 0.4) is 0 Å². The molecular formula is C14H17N3. The molecule has 0 atom stereocenters. The highest BCUT2D eigenvalue weighted by Crippen LogP contribution is 2.41. The van der Waals surface area contributed by atoms with Crippen molar-refractivity contribution < 1.29 is 0 Å². The number of rotatable bonds is 2. The van der Waals surface area contributed by atoms with Gasteiger partial charge >= 0.3 is 0 Å². The molecule has 1 aromatic heterocycles. The maximum atomic E-state index is 5.63. The van der Waals surface area contributed by atoms with E-state index in [0.29, 0.717) is 5.92 Å². The molecule has 88 valence electrons. The van der Waals surface area contributed by atoms with Crippen LogP contribution < -0.4 is 11.3 Å². The molecule has 2 aromatic rings. The van der Waals surface area contributed by atoms with Gasteiger partial charge in [-0.25, -0.2) is 0 Å². The number of hydrazine groups is 1. The predicted octanol–water partition coefficient (Wildman–Crippen LogP) is 3.01. The van der Waals surface area contributed by atoms with Gasteiger partial charge in [0.25, 0.3) is 0 Å². The third-order valence-electron chi connectivity index (χ3n) is 3.42. The largest absolute Gasteiger partial charge is 0.323 e. The van der Waals surface area contributed by atoms with E-state index in [9.17, 15) is 0 Å². The Bertz CT molecular complexity index is 586. The van der Waals surface area contributed by atoms with Crippen LogP contribution in [0.15, 0.2) is 18.2 Å². The monoisotopic (exact) mass is 227 g/mol. The summed E-state index contributed by atoms with van der Waals surface area (Å²) in [5.41, 5.74) is 8.52. The van der Waals surface area contributed by atoms with E-state index in [0.717, 1.165) is 16.6 Å². The number of nitrogen functional groups attached to an aromatic ring is 1. The Morgan fingerprint density at radius 1 is 1.24 bits per heavy atom. The molecule has 1 heterocycles. The molecule has 1 aromatic carbocycles. The second-order valence-corrected chi connectivity index (χ2v) is 4.99. The lowest BCUT2D eigenvalue weighted by molar-refractivity contribution is 1.04. The molecule has 17 heavy (non-hydrogen) atoms. The summed E-state index contributed by atoms with van der Waals surface area (Å²) in [4.78, 5) is 4.79. The number of anilines is 1. The van der Waals surface area contributed by atoms with Crippen molar-refractivity contribution in [1.82, 2.24) is 4.98 Å². The topological polar surface area (TPSA) is 50.9 Å². The predicted molar refractivity (Wildman–Crippen MR) is 71.0 cm³/mol. The minimum absolute atomic E-state index is 0.646. The summed E-state index contributed by atoms with van der Waals surface area (Å²) in [7, 11) is 0. The average Bonchev–Trinajstić information content (AvgIpc) is 3.11. The molecule has 0 amide bonds. The Balaban J connectivity index is 2.31. The molecule has 3 rings (SSSR count). The molecule has 3 nitrogen and oxygen atoms in total. The smallest absolute Gasteiger partial charge is 0.0756 e. The lowest BCUT2D eigenvalue weighted by atomic mass is 10.0. The first-order valence-corrected chi connectivity index (χ1v) is 6.07. The summed E-state index contributed by atoms with van der Waals surface area (Å²) in [6.07, 6.45) is 2.51. The van der Waals surface area contributed by atoms with Crippen LogP contribution in [0.25, 0.3) is 10.9 Å². The summed E-state index contributed by atoms with van der Waals surface area (Å²) in [5, 5.41) is 1.12. The van der Waals surface area contributed by atoms with Crippen molar-refractivity contribution in [3.8, 4) is 0 Å². The molecular weight excluding hydrogens is 210 g/mol. The van der Waals surface area contributed by atoms with E-state index in [4.69, 9.17) is 10.8 Å². The fourth-order valence-electron chi connectivity index (χ4n) is 2.41. The molecule has 0 spiro atoms. The number of benzene rings is 1. The van der Waals surface area contributed by atoms with Crippen LogP contribution in [0.5, 0.6) is 0 Å². The molecule has 0 saturated heterocycles. The van der Waals surface area contributed by atoms with Crippen molar-refractivity contribution in [2.24, 2.45) is 5.84 Å². The zero-order chi connectivity index (χ0) is 12.0. The lowest BCUT2D eigenvalue weighted by Crippen LogP contribution is -2.08. The van der Waals surface area contributed by atoms with Gasteiger partial charge in [0, 0.05) is 17.0 Å². The van der Waals surface area contributed by atoms with Gasteiger partial charge < -0.3 is 5.43 Å². The first kappa shape index (κ1) is 10.5. The number of nitrogens with one attached hydrogen (secondary N) is 1. The zero-order valence-corrected chi connectivity index (χ0v) is 10.2. The summed E-state index contributed by atoms with van der Waals surface area (Å²) >= 11 is 0. The van der Waals surface area contributed by atoms with Gasteiger partial charge in [0.15, 0.2) is 0 Å². The van der Waals surface area contributed by atoms with Gasteiger partial charge in [-0.3, -0.25) is 10.8 Å². The maximum Gasteiger partial charge on any atom is 0.0756 e. The second kappa shape index (κ2) is 3.70. The molecule has 1 aliphatic rings. The Labute approximate surface area is 101 Å². The quantitative estimate of drug-likeness (QED) is 0.612. The van der Waals surface area contributed by atoms with Gasteiger partial charge in [-0.2, -0.15) is 0 Å². The number of aryl methyl sites for hydroxylation is 2. The number of aromatic nitrogens is 1. The van der Waals surface area contributed by atoms with E-state index < -0.39 is 0 Å². The van der Waals surface area contributed by atoms with Gasteiger partial charge in [0.05, 0.1) is 11.2 Å². The van der Waals surface area contributed by atoms with Gasteiger partial charge in [-0.15, -0.1) is 0 Å². The van der Waals surface area contributed by atoms with E-state index >= 15 is 0 Å². The van der Waals surface area contributed by atoms with Crippen molar-refractivity contribution in [3.05, 3.63) is 35.0 Å². The standard InChI is InChI=1S/C14H17N3/c1-8-5-9(2)14-11(6-8)13(17-15)7-12(16-14)10-3-4-10/h5-7,10H,3-4,15H2,1-2H3,(H,16,17). The van der Waals surface area contributed by atoms with Crippen LogP contribution in [-0.2, 0) is 0 Å². The van der Waals surface area contributed by atoms with Crippen LogP contribution in [0.1, 0.15) is 35.6 Å². The van der Waals surface area contributed by atoms with Crippen LogP contribution >= 0.6 is 0 Å². The normalized spacial score (nSPS) is 15.2. The minimum atomic E-state index is 0.646. The van der Waals surface area contributed by atoms with Crippen molar-refractivity contribution in [1.29, 1.82) is 0 Å². The molecule has 0 unspecified atom stereocenters. The van der Waals surface area contributed by atoms with Crippen LogP contribution in [0.2, 0.25) is 0 Å². The van der Waals surface area contributed by atoms with E-state index in [1.807, 2.05) is 0 Å². The summed E-state index contributed by atoms with van der Waals surface area (Å²) in [6.45, 7) is 4.21.